The highest BCUT2D eigenvalue weighted by Crippen LogP contribution is 2.50. The van der Waals surface area contributed by atoms with Gasteiger partial charge in [-0.15, -0.1) is 0 Å². The summed E-state index contributed by atoms with van der Waals surface area (Å²) in [5, 5.41) is 3.76. The van der Waals surface area contributed by atoms with Crippen molar-refractivity contribution in [3.63, 3.8) is 0 Å². The Labute approximate surface area is 116 Å². The first-order valence-corrected chi connectivity index (χ1v) is 7.71. The second-order valence-corrected chi connectivity index (χ2v) is 6.69. The van der Waals surface area contributed by atoms with Gasteiger partial charge in [-0.05, 0) is 17.0 Å². The van der Waals surface area contributed by atoms with Crippen LogP contribution in [0.4, 0.5) is 0 Å². The summed E-state index contributed by atoms with van der Waals surface area (Å²) in [5.41, 5.74) is 0.905. The molecule has 80 valence electrons. The smallest absolute Gasteiger partial charge is 0.0797 e. The Kier molecular flexibility index (Phi) is 4.08. The van der Waals surface area contributed by atoms with E-state index in [1.54, 1.807) is 27.7 Å². The summed E-state index contributed by atoms with van der Waals surface area (Å²) in [6.07, 6.45) is 2.05. The predicted octanol–water partition coefficient (Wildman–Crippen LogP) is 6.25. The Morgan fingerprint density at radius 3 is 2.33 bits per heavy atom. The molecule has 0 saturated heterocycles. The van der Waals surface area contributed by atoms with Crippen LogP contribution in [0, 0.1) is 0 Å². The van der Waals surface area contributed by atoms with Gasteiger partial charge < -0.3 is 0 Å². The van der Waals surface area contributed by atoms with E-state index in [0.717, 1.165) is 5.56 Å². The van der Waals surface area contributed by atoms with Crippen LogP contribution in [-0.4, -0.2) is 0 Å². The van der Waals surface area contributed by atoms with Crippen molar-refractivity contribution in [3.8, 4) is 0 Å². The lowest BCUT2D eigenvalue weighted by Crippen LogP contribution is -1.90. The zero-order valence-electron chi connectivity index (χ0n) is 7.14. The Hall–Kier alpha value is 0.820. The fraction of sp³-hybridized carbons (Fsp3) is 0.111. The van der Waals surface area contributed by atoms with Crippen LogP contribution >= 0.6 is 68.0 Å². The van der Waals surface area contributed by atoms with Crippen LogP contribution in [0.25, 0.3) is 0 Å². The van der Waals surface area contributed by atoms with Crippen molar-refractivity contribution in [1.29, 1.82) is 0 Å². The highest BCUT2D eigenvalue weighted by molar-refractivity contribution is 8.78. The molecule has 0 amide bonds. The third-order valence-electron chi connectivity index (χ3n) is 1.91. The Bertz CT molecular complexity index is 431. The zero-order chi connectivity index (χ0) is 11.0. The highest BCUT2D eigenvalue weighted by atomic mass is 35.5. The quantitative estimate of drug-likeness (QED) is 0.341. The van der Waals surface area contributed by atoms with Gasteiger partial charge in [-0.2, -0.15) is 0 Å². The van der Waals surface area contributed by atoms with E-state index in [-0.39, 0.29) is 5.25 Å². The molecule has 0 spiro atoms. The summed E-state index contributed by atoms with van der Waals surface area (Å²) in [7, 11) is 3.35. The van der Waals surface area contributed by atoms with Gasteiger partial charge in [0.25, 0.3) is 0 Å². The lowest BCUT2D eigenvalue weighted by atomic mass is 10.1. The molecule has 2 rings (SSSR count). The maximum Gasteiger partial charge on any atom is 0.0797 e. The molecule has 1 aliphatic heterocycles. The third kappa shape index (κ3) is 2.41. The molecule has 6 heteroatoms. The molecule has 0 aromatic heterocycles. The van der Waals surface area contributed by atoms with Crippen molar-refractivity contribution in [1.82, 2.24) is 0 Å². The van der Waals surface area contributed by atoms with Crippen molar-refractivity contribution in [3.05, 3.63) is 43.2 Å². The van der Waals surface area contributed by atoms with E-state index in [1.807, 2.05) is 5.41 Å². The van der Waals surface area contributed by atoms with E-state index in [1.165, 1.54) is 0 Å². The molecule has 1 unspecified atom stereocenters. The van der Waals surface area contributed by atoms with Crippen LogP contribution in [-0.2, 0) is 0 Å². The van der Waals surface area contributed by atoms with E-state index in [4.69, 9.17) is 46.4 Å². The van der Waals surface area contributed by atoms with Crippen molar-refractivity contribution >= 4 is 68.0 Å². The van der Waals surface area contributed by atoms with Crippen LogP contribution in [0.15, 0.2) is 17.6 Å². The zero-order valence-corrected chi connectivity index (χ0v) is 11.8. The number of hydrogen-bond acceptors (Lipinski definition) is 2. The summed E-state index contributed by atoms with van der Waals surface area (Å²) in [6.45, 7) is 0. The summed E-state index contributed by atoms with van der Waals surface area (Å²) < 4.78 is 0. The SMILES string of the molecule is Clc1cc(C2C=CSS2)c(Cl)c(Cl)c1Cl. The molecule has 1 aromatic rings. The van der Waals surface area contributed by atoms with Crippen molar-refractivity contribution in [2.75, 3.05) is 0 Å². The van der Waals surface area contributed by atoms with Crippen LogP contribution < -0.4 is 0 Å². The normalized spacial score (nSPS) is 19.9. The van der Waals surface area contributed by atoms with Gasteiger partial charge in [0.15, 0.2) is 0 Å². The van der Waals surface area contributed by atoms with Gasteiger partial charge >= 0.3 is 0 Å². The minimum Gasteiger partial charge on any atom is -0.0826 e. The van der Waals surface area contributed by atoms with E-state index in [2.05, 4.69) is 6.08 Å². The summed E-state index contributed by atoms with van der Waals surface area (Å²) in [4.78, 5) is 0. The molecule has 1 heterocycles. The molecule has 0 fully saturated rings. The molecule has 15 heavy (non-hydrogen) atoms. The maximum absolute atomic E-state index is 6.12. The van der Waals surface area contributed by atoms with Gasteiger partial charge in [-0.25, -0.2) is 0 Å². The largest absolute Gasteiger partial charge is 0.0826 e. The molecule has 0 bridgehead atoms. The minimum atomic E-state index is 0.190. The lowest BCUT2D eigenvalue weighted by Gasteiger charge is -2.12. The van der Waals surface area contributed by atoms with Gasteiger partial charge in [0.2, 0.25) is 0 Å². The van der Waals surface area contributed by atoms with E-state index < -0.39 is 0 Å². The Morgan fingerprint density at radius 1 is 1.00 bits per heavy atom. The first kappa shape index (κ1) is 12.3. The molecule has 1 aliphatic rings. The Balaban J connectivity index is 2.52. The molecule has 1 aromatic carbocycles. The molecule has 0 saturated carbocycles. The molecule has 0 nitrogen and oxygen atoms in total. The highest BCUT2D eigenvalue weighted by Gasteiger charge is 2.21. The van der Waals surface area contributed by atoms with Crippen LogP contribution in [0.3, 0.4) is 0 Å². The third-order valence-corrected chi connectivity index (χ3v) is 5.96. The topological polar surface area (TPSA) is 0 Å². The van der Waals surface area contributed by atoms with Gasteiger partial charge in [0.1, 0.15) is 0 Å². The van der Waals surface area contributed by atoms with Crippen molar-refractivity contribution in [2.45, 2.75) is 5.25 Å². The second kappa shape index (κ2) is 4.99. The van der Waals surface area contributed by atoms with E-state index in [9.17, 15) is 0 Å². The fourth-order valence-electron chi connectivity index (χ4n) is 1.18. The minimum absolute atomic E-state index is 0.190. The maximum atomic E-state index is 6.12. The summed E-state index contributed by atoms with van der Waals surface area (Å²) >= 11 is 23.9. The fourth-order valence-corrected chi connectivity index (χ4v) is 4.37. The van der Waals surface area contributed by atoms with Gasteiger partial charge in [-0.3, -0.25) is 0 Å². The predicted molar refractivity (Wildman–Crippen MR) is 73.5 cm³/mol. The molecule has 0 N–H and O–H groups in total. The number of halogens is 4. The summed E-state index contributed by atoms with van der Waals surface area (Å²) in [6, 6.07) is 1.77. The number of benzene rings is 1. The average Bonchev–Trinajstić information content (AvgIpc) is 2.73. The van der Waals surface area contributed by atoms with E-state index in [0.29, 0.717) is 20.1 Å². The Morgan fingerprint density at radius 2 is 1.73 bits per heavy atom. The van der Waals surface area contributed by atoms with Crippen LogP contribution in [0.1, 0.15) is 10.8 Å². The second-order valence-electron chi connectivity index (χ2n) is 2.83. The van der Waals surface area contributed by atoms with Crippen LogP contribution in [0.5, 0.6) is 0 Å². The first-order valence-electron chi connectivity index (χ1n) is 3.93. The molecular weight excluding hydrogens is 314 g/mol. The summed E-state index contributed by atoms with van der Waals surface area (Å²) in [5.74, 6) is 0. The standard InChI is InChI=1S/C9H4Cl4S2/c10-5-3-4(6-1-2-14-15-6)7(11)9(13)8(5)12/h1-3,6H. The van der Waals surface area contributed by atoms with E-state index >= 15 is 0 Å². The molecule has 0 aliphatic carbocycles. The lowest BCUT2D eigenvalue weighted by molar-refractivity contribution is 1.25. The first-order chi connectivity index (χ1) is 7.11. The van der Waals surface area contributed by atoms with Crippen molar-refractivity contribution < 1.29 is 0 Å². The molecular formula is C9H4Cl4S2. The molecule has 1 atom stereocenters. The molecule has 0 radical (unpaired) electrons. The van der Waals surface area contributed by atoms with Gasteiger partial charge in [-0.1, -0.05) is 74.1 Å². The van der Waals surface area contributed by atoms with Gasteiger partial charge in [0, 0.05) is 0 Å². The number of hydrogen-bond donors (Lipinski definition) is 0. The van der Waals surface area contributed by atoms with Crippen molar-refractivity contribution in [2.24, 2.45) is 0 Å². The van der Waals surface area contributed by atoms with Crippen LogP contribution in [0.2, 0.25) is 20.1 Å². The monoisotopic (exact) mass is 316 g/mol. The average molecular weight is 318 g/mol. The number of rotatable bonds is 1. The van der Waals surface area contributed by atoms with Gasteiger partial charge in [0.05, 0.1) is 25.3 Å².